The molecule has 11 heteroatoms. The molecule has 1 saturated heterocycles. The highest BCUT2D eigenvalue weighted by Crippen LogP contribution is 2.39. The van der Waals surface area contributed by atoms with Crippen molar-refractivity contribution in [2.75, 3.05) is 34.3 Å². The molecule has 1 aromatic carbocycles. The number of hydrogen-bond donors (Lipinski definition) is 1. The van der Waals surface area contributed by atoms with E-state index in [9.17, 15) is 8.42 Å². The summed E-state index contributed by atoms with van der Waals surface area (Å²) < 4.78 is 34.6. The average molecular weight is 522 g/mol. The van der Waals surface area contributed by atoms with Crippen LogP contribution in [0, 0.1) is 0 Å². The number of fused-ring (bicyclic) bond motifs is 2. The summed E-state index contributed by atoms with van der Waals surface area (Å²) in [5.41, 5.74) is 7.74. The van der Waals surface area contributed by atoms with E-state index in [1.807, 2.05) is 16.9 Å². The van der Waals surface area contributed by atoms with Gasteiger partial charge in [-0.05, 0) is 51.4 Å². The van der Waals surface area contributed by atoms with Crippen LogP contribution in [0.2, 0.25) is 0 Å². The van der Waals surface area contributed by atoms with Crippen LogP contribution in [-0.2, 0) is 22.9 Å². The summed E-state index contributed by atoms with van der Waals surface area (Å²) in [6.07, 6.45) is 6.98. The number of hydrogen-bond acceptors (Lipinski definition) is 7. The molecule has 1 fully saturated rings. The van der Waals surface area contributed by atoms with Crippen LogP contribution in [-0.4, -0.2) is 82.3 Å². The van der Waals surface area contributed by atoms with Crippen LogP contribution in [0.15, 0.2) is 36.7 Å². The smallest absolute Gasteiger partial charge is 0.230 e. The third-order valence-electron chi connectivity index (χ3n) is 7.72. The van der Waals surface area contributed by atoms with Crippen molar-refractivity contribution in [1.29, 1.82) is 0 Å². The Morgan fingerprint density at radius 3 is 2.76 bits per heavy atom. The van der Waals surface area contributed by atoms with E-state index in [2.05, 4.69) is 33.5 Å². The topological polar surface area (TPSA) is 109 Å². The zero-order valence-corrected chi connectivity index (χ0v) is 22.3. The van der Waals surface area contributed by atoms with Gasteiger partial charge in [0.15, 0.2) is 0 Å². The maximum Gasteiger partial charge on any atom is 0.230 e. The van der Waals surface area contributed by atoms with E-state index in [1.165, 1.54) is 15.4 Å². The molecular weight excluding hydrogens is 490 g/mol. The zero-order chi connectivity index (χ0) is 25.9. The highest BCUT2D eigenvalue weighted by Gasteiger charge is 2.40. The molecule has 0 saturated carbocycles. The molecule has 194 valence electrons. The highest BCUT2D eigenvalue weighted by molar-refractivity contribution is 7.89. The largest absolute Gasteiger partial charge is 0.494 e. The van der Waals surface area contributed by atoms with Crippen LogP contribution >= 0.6 is 0 Å². The maximum absolute atomic E-state index is 12.8. The number of methoxy groups -OCH3 is 1. The molecule has 1 aliphatic carbocycles. The number of nitrogens with one attached hydrogen (secondary N) is 1. The molecule has 0 amide bonds. The van der Waals surface area contributed by atoms with Gasteiger partial charge >= 0.3 is 0 Å². The molecule has 1 atom stereocenters. The van der Waals surface area contributed by atoms with Gasteiger partial charge in [-0.2, -0.15) is 14.5 Å². The summed E-state index contributed by atoms with van der Waals surface area (Å²) in [6.45, 7) is 2.51. The molecule has 10 nitrogen and oxygen atoms in total. The zero-order valence-electron chi connectivity index (χ0n) is 21.5. The number of aryl methyl sites for hydroxylation is 1. The number of rotatable bonds is 7. The molecule has 3 aromatic heterocycles. The number of nitrogens with zero attached hydrogens (tertiary/aromatic N) is 6. The first-order chi connectivity index (χ1) is 17.8. The van der Waals surface area contributed by atoms with Gasteiger partial charge in [-0.15, -0.1) is 0 Å². The summed E-state index contributed by atoms with van der Waals surface area (Å²) in [6, 6.07) is 8.34. The molecule has 0 radical (unpaired) electrons. The first-order valence-electron chi connectivity index (χ1n) is 12.5. The molecule has 1 unspecified atom stereocenters. The molecule has 1 aliphatic heterocycles. The van der Waals surface area contributed by atoms with Gasteiger partial charge in [-0.3, -0.25) is 14.7 Å². The Labute approximate surface area is 216 Å². The molecule has 1 N–H and O–H groups in total. The fourth-order valence-electron chi connectivity index (χ4n) is 5.26. The SMILES string of the molecule is COc1cc2[nH]nc(-c3cnn(C4CN(S(=O)(=O)C(C)N(C)C)C4)c3)c2nc1-c1cccc2c1CCC2. The fraction of sp³-hybridized carbons (Fsp3) is 0.423. The third kappa shape index (κ3) is 3.92. The van der Waals surface area contributed by atoms with Gasteiger partial charge in [0, 0.05) is 36.5 Å². The third-order valence-corrected chi connectivity index (χ3v) is 10.0. The van der Waals surface area contributed by atoms with Crippen LogP contribution < -0.4 is 4.74 Å². The quantitative estimate of drug-likeness (QED) is 0.398. The lowest BCUT2D eigenvalue weighted by Gasteiger charge is -2.40. The molecule has 4 heterocycles. The number of ether oxygens (including phenoxy) is 1. The van der Waals surface area contributed by atoms with E-state index < -0.39 is 15.4 Å². The maximum atomic E-state index is 12.8. The second-order valence-electron chi connectivity index (χ2n) is 10.1. The monoisotopic (exact) mass is 521 g/mol. The second kappa shape index (κ2) is 8.93. The van der Waals surface area contributed by atoms with E-state index in [4.69, 9.17) is 9.72 Å². The number of aromatic nitrogens is 5. The van der Waals surface area contributed by atoms with Gasteiger partial charge in [0.05, 0.1) is 24.9 Å². The van der Waals surface area contributed by atoms with Crippen molar-refractivity contribution in [3.63, 3.8) is 0 Å². The molecule has 6 rings (SSSR count). The lowest BCUT2D eigenvalue weighted by atomic mass is 9.99. The lowest BCUT2D eigenvalue weighted by molar-refractivity contribution is 0.184. The highest BCUT2D eigenvalue weighted by atomic mass is 32.2. The van der Waals surface area contributed by atoms with E-state index in [-0.39, 0.29) is 6.04 Å². The molecule has 0 spiro atoms. The van der Waals surface area contributed by atoms with E-state index in [1.54, 1.807) is 39.2 Å². The number of sulfonamides is 1. The Hall–Kier alpha value is -3.28. The van der Waals surface area contributed by atoms with Crippen molar-refractivity contribution >= 4 is 21.1 Å². The minimum absolute atomic E-state index is 0.0152. The number of aromatic amines is 1. The number of H-pyrrole nitrogens is 1. The Balaban J connectivity index is 1.31. The van der Waals surface area contributed by atoms with E-state index in [0.717, 1.165) is 47.1 Å². The van der Waals surface area contributed by atoms with Crippen molar-refractivity contribution in [3.05, 3.63) is 47.8 Å². The van der Waals surface area contributed by atoms with Gasteiger partial charge in [0.25, 0.3) is 0 Å². The van der Waals surface area contributed by atoms with Gasteiger partial charge < -0.3 is 4.74 Å². The minimum atomic E-state index is -3.37. The van der Waals surface area contributed by atoms with Gasteiger partial charge in [0.1, 0.15) is 28.0 Å². The normalized spacial score (nSPS) is 17.3. The van der Waals surface area contributed by atoms with Crippen LogP contribution in [0.25, 0.3) is 33.5 Å². The first-order valence-corrected chi connectivity index (χ1v) is 14.0. The first kappa shape index (κ1) is 24.1. The van der Waals surface area contributed by atoms with Crippen LogP contribution in [0.5, 0.6) is 5.75 Å². The van der Waals surface area contributed by atoms with Crippen molar-refractivity contribution < 1.29 is 13.2 Å². The summed E-state index contributed by atoms with van der Waals surface area (Å²) in [4.78, 5) is 6.76. The predicted molar refractivity (Wildman–Crippen MR) is 142 cm³/mol. The minimum Gasteiger partial charge on any atom is -0.494 e. The van der Waals surface area contributed by atoms with Gasteiger partial charge in [-0.1, -0.05) is 18.2 Å². The number of benzene rings is 1. The van der Waals surface area contributed by atoms with E-state index in [0.29, 0.717) is 24.5 Å². The van der Waals surface area contributed by atoms with Crippen LogP contribution in [0.1, 0.15) is 30.5 Å². The van der Waals surface area contributed by atoms with Gasteiger partial charge in [-0.25, -0.2) is 13.4 Å². The van der Waals surface area contributed by atoms with Crippen LogP contribution in [0.4, 0.5) is 0 Å². The van der Waals surface area contributed by atoms with Crippen molar-refractivity contribution in [2.24, 2.45) is 0 Å². The summed E-state index contributed by atoms with van der Waals surface area (Å²) in [5.74, 6) is 0.710. The molecule has 37 heavy (non-hydrogen) atoms. The Bertz CT molecular complexity index is 1580. The standard InChI is InChI=1S/C26H31N7O3S/c1-16(31(2)3)37(34,35)32-14-19(15-32)33-13-18(12-27-33)24-26-22(29-30-24)11-23(36-4)25(28-26)21-10-6-8-17-7-5-9-20(17)21/h6,8,10-13,16,19H,5,7,9,14-15H2,1-4H3,(H,29,30). The Kier molecular flexibility index (Phi) is 5.81. The molecule has 4 aromatic rings. The molecule has 2 aliphatic rings. The Morgan fingerprint density at radius 1 is 1.19 bits per heavy atom. The summed E-state index contributed by atoms with van der Waals surface area (Å²) >= 11 is 0. The molecule has 0 bridgehead atoms. The average Bonchev–Trinajstić information content (AvgIpc) is 3.60. The van der Waals surface area contributed by atoms with Crippen LogP contribution in [0.3, 0.4) is 0 Å². The molecular formula is C26H31N7O3S. The van der Waals surface area contributed by atoms with Crippen molar-refractivity contribution in [1.82, 2.24) is 34.2 Å². The van der Waals surface area contributed by atoms with Crippen molar-refractivity contribution in [3.8, 4) is 28.3 Å². The predicted octanol–water partition coefficient (Wildman–Crippen LogP) is 3.08. The van der Waals surface area contributed by atoms with E-state index >= 15 is 0 Å². The van der Waals surface area contributed by atoms with Gasteiger partial charge in [0.2, 0.25) is 10.0 Å². The summed E-state index contributed by atoms with van der Waals surface area (Å²) in [7, 11) is 1.84. The number of pyridine rings is 1. The second-order valence-corrected chi connectivity index (χ2v) is 12.3. The van der Waals surface area contributed by atoms with Crippen molar-refractivity contribution in [2.45, 2.75) is 37.6 Å². The summed E-state index contributed by atoms with van der Waals surface area (Å²) in [5, 5.41) is 11.6. The lowest BCUT2D eigenvalue weighted by Crippen LogP contribution is -2.55. The Morgan fingerprint density at radius 2 is 2.00 bits per heavy atom. The fourth-order valence-corrected chi connectivity index (χ4v) is 6.98.